The van der Waals surface area contributed by atoms with Crippen LogP contribution in [-0.2, 0) is 28.1 Å². The van der Waals surface area contributed by atoms with Crippen LogP contribution in [0, 0.1) is 22.7 Å². The van der Waals surface area contributed by atoms with Gasteiger partial charge in [0.15, 0.2) is 11.9 Å². The standard InChI is InChI=1S/C26H53NO9P12/c1-11-14(34-22(30)18(35-43-37)13(3)27-7)9-26(32)12(2)20-24(6,15(28)8-16-25(20,31)10-33-16)21(29)19(17(11)23(26,4)5)36-45(46(39)40)48(44-38)47(41)42/h12-16,18-20,27-28,31-32,43-44H,8-10,37-42H2,1-7H3/t12?,13?,14?,15?,16?,18?,19?,20?,24-,25+,26?,45?,48?/m1/s1. The van der Waals surface area contributed by atoms with E-state index in [1.807, 2.05) is 34.6 Å². The van der Waals surface area contributed by atoms with E-state index in [9.17, 15) is 20.1 Å². The summed E-state index contributed by atoms with van der Waals surface area (Å²) in [6.45, 7) is 9.20. The smallest absolute Gasteiger partial charge is 0.337 e. The van der Waals surface area contributed by atoms with E-state index in [0.29, 0.717) is 19.1 Å². The van der Waals surface area contributed by atoms with Crippen molar-refractivity contribution in [2.24, 2.45) is 22.7 Å². The number of likely N-dealkylation sites (N-methyl/N-ethyl adjacent to an activating group) is 1. The van der Waals surface area contributed by atoms with Crippen molar-refractivity contribution < 1.29 is 43.4 Å². The van der Waals surface area contributed by atoms with Crippen molar-refractivity contribution in [2.45, 2.75) is 102 Å². The Morgan fingerprint density at radius 2 is 1.77 bits per heavy atom. The zero-order valence-corrected chi connectivity index (χ0v) is 40.8. The summed E-state index contributed by atoms with van der Waals surface area (Å²) in [5.41, 5.74) is -4.28. The molecule has 10 nitrogen and oxygen atoms in total. The Kier molecular flexibility index (Phi) is 15.8. The second kappa shape index (κ2) is 17.1. The number of Topliss-reactive ketones (excluding diaryl/α,β-unsaturated/α-hetero) is 1. The molecule has 3 fully saturated rings. The number of hydrogen-bond acceptors (Lipinski definition) is 10. The zero-order chi connectivity index (χ0) is 36.3. The van der Waals surface area contributed by atoms with Crippen LogP contribution in [0.15, 0.2) is 11.1 Å². The van der Waals surface area contributed by atoms with Gasteiger partial charge in [-0.05, 0) is 58.9 Å². The quantitative estimate of drug-likeness (QED) is 0.0919. The summed E-state index contributed by atoms with van der Waals surface area (Å²) in [5.74, 6) is -2.46. The summed E-state index contributed by atoms with van der Waals surface area (Å²) in [4.78, 5) is 29.2. The first-order chi connectivity index (χ1) is 22.2. The maximum Gasteiger partial charge on any atom is 0.337 e. The molecule has 19 unspecified atom stereocenters. The number of ketones is 1. The molecule has 2 saturated carbocycles. The van der Waals surface area contributed by atoms with Crippen LogP contribution < -0.4 is 5.32 Å². The Morgan fingerprint density at radius 3 is 2.25 bits per heavy atom. The summed E-state index contributed by atoms with van der Waals surface area (Å²) >= 11 is 0. The van der Waals surface area contributed by atoms with Gasteiger partial charge in [0.1, 0.15) is 17.8 Å². The molecule has 276 valence electrons. The fourth-order valence-electron chi connectivity index (χ4n) is 8.46. The molecular formula is C26H53NO9P12. The molecule has 0 radical (unpaired) electrons. The minimum absolute atomic E-state index is 0.000261. The van der Waals surface area contributed by atoms with Gasteiger partial charge in [0.05, 0.1) is 37.4 Å². The van der Waals surface area contributed by atoms with Crippen molar-refractivity contribution in [3.63, 3.8) is 0 Å². The molecule has 1 heterocycles. The molecule has 22 heteroatoms. The third-order valence-corrected chi connectivity index (χ3v) is 59.3. The highest BCUT2D eigenvalue weighted by atomic mass is 33.1. The number of fused-ring (bicyclic) bond motifs is 5. The summed E-state index contributed by atoms with van der Waals surface area (Å²) < 4.78 is 25.0. The van der Waals surface area contributed by atoms with E-state index in [4.69, 9.17) is 18.5 Å². The monoisotopic (exact) mass is 895 g/mol. The van der Waals surface area contributed by atoms with Gasteiger partial charge in [0, 0.05) is 45.7 Å². The van der Waals surface area contributed by atoms with Gasteiger partial charge in [-0.1, -0.05) is 37.7 Å². The predicted octanol–water partition coefficient (Wildman–Crippen LogP) is 7.01. The minimum atomic E-state index is -1.59. The van der Waals surface area contributed by atoms with Crippen LogP contribution in [0.2, 0.25) is 0 Å². The Labute approximate surface area is 307 Å². The summed E-state index contributed by atoms with van der Waals surface area (Å²) in [6, 6.07) is -0.342. The lowest BCUT2D eigenvalue weighted by Gasteiger charge is -2.67. The number of esters is 1. The van der Waals surface area contributed by atoms with Crippen molar-refractivity contribution in [3.8, 4) is 0 Å². The predicted molar refractivity (Wildman–Crippen MR) is 228 cm³/mol. The van der Waals surface area contributed by atoms with Crippen LogP contribution in [0.3, 0.4) is 0 Å². The van der Waals surface area contributed by atoms with Gasteiger partial charge >= 0.3 is 5.97 Å². The van der Waals surface area contributed by atoms with Crippen molar-refractivity contribution in [3.05, 3.63) is 11.1 Å². The van der Waals surface area contributed by atoms with Crippen molar-refractivity contribution in [2.75, 3.05) is 13.7 Å². The fourth-order valence-corrected chi connectivity index (χ4v) is 75.4. The molecule has 1 saturated heterocycles. The van der Waals surface area contributed by atoms with Gasteiger partial charge in [-0.3, -0.25) is 4.79 Å². The normalized spacial score (nSPS) is 40.8. The van der Waals surface area contributed by atoms with Crippen LogP contribution in [0.4, 0.5) is 0 Å². The van der Waals surface area contributed by atoms with Crippen LogP contribution in [0.25, 0.3) is 0 Å². The largest absolute Gasteiger partial charge is 0.456 e. The Hall–Kier alpha value is 3.76. The second-order valence-corrected chi connectivity index (χ2v) is 49.5. The van der Waals surface area contributed by atoms with Crippen molar-refractivity contribution >= 4 is 110 Å². The number of carbonyl (C=O) groups is 2. The van der Waals surface area contributed by atoms with Crippen LogP contribution in [0.1, 0.15) is 54.4 Å². The van der Waals surface area contributed by atoms with E-state index in [-0.39, 0.29) is 39.8 Å². The van der Waals surface area contributed by atoms with Gasteiger partial charge < -0.3 is 39.2 Å². The molecular weight excluding hydrogens is 842 g/mol. The zero-order valence-electron chi connectivity index (χ0n) is 28.3. The lowest BCUT2D eigenvalue weighted by molar-refractivity contribution is -0.335. The number of rotatable bonds is 12. The molecule has 4 N–H and O–H groups in total. The first kappa shape index (κ1) is 44.5. The molecule has 4 aliphatic rings. The van der Waals surface area contributed by atoms with Gasteiger partial charge in [-0.2, -0.15) is 0 Å². The first-order valence-corrected chi connectivity index (χ1v) is 35.8. The number of aliphatic hydroxyl groups is 3. The molecule has 1 aliphatic heterocycles. The summed E-state index contributed by atoms with van der Waals surface area (Å²) in [5, 5.41) is 40.4. The number of carbonyl (C=O) groups excluding carboxylic acids is 2. The van der Waals surface area contributed by atoms with Gasteiger partial charge in [0.2, 0.25) is 0 Å². The van der Waals surface area contributed by atoms with E-state index < -0.39 is 98.8 Å². The Morgan fingerprint density at radius 1 is 1.15 bits per heavy atom. The third kappa shape index (κ3) is 7.60. The number of hydrogen-bond donors (Lipinski definition) is 4. The molecule has 0 aromatic rings. The lowest BCUT2D eigenvalue weighted by Crippen LogP contribution is -2.78. The topological polar surface area (TPSA) is 144 Å². The summed E-state index contributed by atoms with van der Waals surface area (Å²) in [7, 11) is 18.2. The van der Waals surface area contributed by atoms with Gasteiger partial charge in [0.25, 0.3) is 0 Å². The van der Waals surface area contributed by atoms with E-state index in [1.54, 1.807) is 14.0 Å². The third-order valence-electron chi connectivity index (χ3n) is 11.3. The molecule has 0 amide bonds. The maximum atomic E-state index is 15.5. The number of ether oxygens (including phenoxy) is 2. The minimum Gasteiger partial charge on any atom is -0.456 e. The average Bonchev–Trinajstić information content (AvgIpc) is 3.01. The molecule has 3 aliphatic carbocycles. The fraction of sp³-hybridized carbons (Fsp3) is 0.846. The van der Waals surface area contributed by atoms with E-state index >= 15 is 4.79 Å². The van der Waals surface area contributed by atoms with Crippen LogP contribution in [-0.4, -0.2) is 88.5 Å². The van der Waals surface area contributed by atoms with E-state index in [1.165, 1.54) is 0 Å². The van der Waals surface area contributed by atoms with Crippen LogP contribution >= 0.6 is 98.5 Å². The highest BCUT2D eigenvalue weighted by Crippen LogP contribution is 3.09. The maximum absolute atomic E-state index is 15.5. The Balaban J connectivity index is 1.99. The highest BCUT2D eigenvalue weighted by molar-refractivity contribution is 9.10. The average molecular weight is 895 g/mol. The summed E-state index contributed by atoms with van der Waals surface area (Å²) in [6.07, 6.45) is -4.58. The van der Waals surface area contributed by atoms with Gasteiger partial charge in [-0.25, -0.2) is 4.79 Å². The first-order valence-electron chi connectivity index (χ1n) is 15.5. The Bertz CT molecular complexity index is 1270. The number of aliphatic hydroxyl groups excluding tert-OH is 1. The van der Waals surface area contributed by atoms with Gasteiger partial charge in [-0.15, -0.1) is 44.6 Å². The molecule has 2 bridgehead atoms. The van der Waals surface area contributed by atoms with Crippen molar-refractivity contribution in [1.29, 1.82) is 0 Å². The lowest BCUT2D eigenvalue weighted by atomic mass is 9.43. The highest BCUT2D eigenvalue weighted by Gasteiger charge is 2.74. The van der Waals surface area contributed by atoms with Crippen LogP contribution in [0.5, 0.6) is 0 Å². The molecule has 21 atom stereocenters. The number of nitrogens with one attached hydrogen (secondary N) is 1. The molecule has 0 aromatic carbocycles. The second-order valence-electron chi connectivity index (χ2n) is 13.9. The van der Waals surface area contributed by atoms with E-state index in [2.05, 4.69) is 58.9 Å². The molecule has 48 heavy (non-hydrogen) atoms. The van der Waals surface area contributed by atoms with E-state index in [0.717, 1.165) is 0 Å². The molecule has 0 aromatic heterocycles. The van der Waals surface area contributed by atoms with Crippen molar-refractivity contribution in [1.82, 2.24) is 5.32 Å². The molecule has 4 rings (SSSR count). The SMILES string of the molecule is CNC(C)C(OPP)C(=O)OC1CC2(O)C(C)C3[C@]4(O)COC4CC(O)[C@@]3(C)C(=O)C(OP(P(P)P)P(PP)P(P)P)C(=C1C)C2(C)C. The molecule has 0 spiro atoms.